The molecule has 2 saturated heterocycles. The Morgan fingerprint density at radius 3 is 2.37 bits per heavy atom. The number of hydrogen-bond acceptors (Lipinski definition) is 3. The molecular formula is C22H26ClN3O. The molecular weight excluding hydrogens is 358 g/mol. The summed E-state index contributed by atoms with van der Waals surface area (Å²) >= 11 is 6.05. The van der Waals surface area contributed by atoms with Gasteiger partial charge in [0.15, 0.2) is 0 Å². The fraction of sp³-hybridized carbons (Fsp3) is 0.409. The van der Waals surface area contributed by atoms with Crippen molar-refractivity contribution in [3.8, 4) is 0 Å². The van der Waals surface area contributed by atoms with E-state index in [1.807, 2.05) is 30.3 Å². The monoisotopic (exact) mass is 383 g/mol. The van der Waals surface area contributed by atoms with E-state index in [1.54, 1.807) is 0 Å². The Bertz CT molecular complexity index is 785. The van der Waals surface area contributed by atoms with Crippen LogP contribution in [0.3, 0.4) is 0 Å². The van der Waals surface area contributed by atoms with Gasteiger partial charge in [-0.05, 0) is 49.1 Å². The molecule has 2 aromatic rings. The Balaban J connectivity index is 1.53. The Labute approximate surface area is 166 Å². The molecule has 4 rings (SSSR count). The number of nitrogens with zero attached hydrogens (tertiary/aromatic N) is 2. The highest BCUT2D eigenvalue weighted by molar-refractivity contribution is 6.30. The van der Waals surface area contributed by atoms with Crippen LogP contribution in [0.5, 0.6) is 0 Å². The topological polar surface area (TPSA) is 35.6 Å². The van der Waals surface area contributed by atoms with Crippen LogP contribution < -0.4 is 10.2 Å². The second-order valence-electron chi connectivity index (χ2n) is 7.47. The normalized spacial score (nSPS) is 20.7. The van der Waals surface area contributed by atoms with Gasteiger partial charge in [0, 0.05) is 29.8 Å². The van der Waals surface area contributed by atoms with Crippen LogP contribution in [0.15, 0.2) is 54.6 Å². The molecule has 4 nitrogen and oxygen atoms in total. The average molecular weight is 384 g/mol. The first-order valence-corrected chi connectivity index (χ1v) is 10.1. The molecule has 27 heavy (non-hydrogen) atoms. The summed E-state index contributed by atoms with van der Waals surface area (Å²) < 4.78 is 0. The minimum absolute atomic E-state index is 0.172. The van der Waals surface area contributed by atoms with Gasteiger partial charge in [0.25, 0.3) is 0 Å². The summed E-state index contributed by atoms with van der Waals surface area (Å²) in [6, 6.07) is 18.8. The molecule has 5 heteroatoms. The van der Waals surface area contributed by atoms with Gasteiger partial charge in [-0.1, -0.05) is 48.9 Å². The van der Waals surface area contributed by atoms with Gasteiger partial charge < -0.3 is 10.2 Å². The van der Waals surface area contributed by atoms with E-state index in [0.717, 1.165) is 43.1 Å². The number of piperidine rings is 1. The lowest BCUT2D eigenvalue weighted by molar-refractivity contribution is -0.125. The summed E-state index contributed by atoms with van der Waals surface area (Å²) in [5.74, 6) is 0.172. The number of anilines is 1. The minimum Gasteiger partial charge on any atom is -0.339 e. The van der Waals surface area contributed by atoms with Gasteiger partial charge in [-0.15, -0.1) is 0 Å². The Hall–Kier alpha value is -2.04. The molecule has 1 atom stereocenters. The molecule has 0 saturated carbocycles. The number of carbonyl (C=O) groups excluding carboxylic acids is 1. The van der Waals surface area contributed by atoms with Crippen molar-refractivity contribution in [1.82, 2.24) is 10.2 Å². The number of likely N-dealkylation sites (tertiary alicyclic amines) is 1. The average Bonchev–Trinajstić information content (AvgIpc) is 3.02. The highest BCUT2D eigenvalue weighted by Crippen LogP contribution is 2.38. The highest BCUT2D eigenvalue weighted by atomic mass is 35.5. The van der Waals surface area contributed by atoms with E-state index < -0.39 is 5.54 Å². The minimum atomic E-state index is -0.420. The second kappa shape index (κ2) is 7.53. The molecule has 2 heterocycles. The predicted octanol–water partition coefficient (Wildman–Crippen LogP) is 4.22. The number of rotatable bonds is 4. The van der Waals surface area contributed by atoms with Gasteiger partial charge in [-0.2, -0.15) is 0 Å². The van der Waals surface area contributed by atoms with Crippen LogP contribution >= 0.6 is 11.6 Å². The first kappa shape index (κ1) is 18.3. The van der Waals surface area contributed by atoms with E-state index in [-0.39, 0.29) is 5.91 Å². The standard InChI is InChI=1S/C22H26ClN3O/c1-2-20(17-8-10-18(23)11-9-17)25-14-12-22(13-15-25)21(27)24-16-26(22)19-6-4-3-5-7-19/h3-11,20H,2,12-16H2,1H3,(H,24,27). The Kier molecular flexibility index (Phi) is 5.11. The summed E-state index contributed by atoms with van der Waals surface area (Å²) in [5.41, 5.74) is 2.00. The lowest BCUT2D eigenvalue weighted by atomic mass is 9.84. The number of nitrogens with one attached hydrogen (secondary N) is 1. The molecule has 0 aliphatic carbocycles. The van der Waals surface area contributed by atoms with Crippen LogP contribution in [-0.2, 0) is 4.79 Å². The molecule has 0 radical (unpaired) electrons. The van der Waals surface area contributed by atoms with Crippen molar-refractivity contribution >= 4 is 23.2 Å². The second-order valence-corrected chi connectivity index (χ2v) is 7.91. The van der Waals surface area contributed by atoms with Gasteiger partial charge >= 0.3 is 0 Å². The highest BCUT2D eigenvalue weighted by Gasteiger charge is 2.50. The number of halogens is 1. The van der Waals surface area contributed by atoms with Crippen molar-refractivity contribution in [2.24, 2.45) is 0 Å². The number of hydrogen-bond donors (Lipinski definition) is 1. The molecule has 1 N–H and O–H groups in total. The van der Waals surface area contributed by atoms with Crippen molar-refractivity contribution in [3.05, 3.63) is 65.2 Å². The smallest absolute Gasteiger partial charge is 0.247 e. The van der Waals surface area contributed by atoms with Gasteiger partial charge in [0.1, 0.15) is 5.54 Å². The summed E-state index contributed by atoms with van der Waals surface area (Å²) in [6.07, 6.45) is 2.73. The first-order chi connectivity index (χ1) is 13.1. The summed E-state index contributed by atoms with van der Waals surface area (Å²) in [5, 5.41) is 3.85. The van der Waals surface area contributed by atoms with Crippen molar-refractivity contribution < 1.29 is 4.79 Å². The van der Waals surface area contributed by atoms with Crippen LogP contribution in [0.1, 0.15) is 37.8 Å². The van der Waals surface area contributed by atoms with Crippen LogP contribution in [0.25, 0.3) is 0 Å². The zero-order valence-electron chi connectivity index (χ0n) is 15.7. The van der Waals surface area contributed by atoms with E-state index >= 15 is 0 Å². The molecule has 0 bridgehead atoms. The molecule has 1 unspecified atom stereocenters. The largest absolute Gasteiger partial charge is 0.339 e. The van der Waals surface area contributed by atoms with Gasteiger partial charge in [0.2, 0.25) is 5.91 Å². The third-order valence-corrected chi connectivity index (χ3v) is 6.36. The fourth-order valence-electron chi connectivity index (χ4n) is 4.63. The van der Waals surface area contributed by atoms with E-state index in [2.05, 4.69) is 46.3 Å². The van der Waals surface area contributed by atoms with E-state index in [9.17, 15) is 4.79 Å². The van der Waals surface area contributed by atoms with E-state index in [1.165, 1.54) is 5.56 Å². The molecule has 0 aromatic heterocycles. The zero-order chi connectivity index (χ0) is 18.9. The van der Waals surface area contributed by atoms with E-state index in [0.29, 0.717) is 12.7 Å². The third kappa shape index (κ3) is 3.32. The van der Waals surface area contributed by atoms with E-state index in [4.69, 9.17) is 11.6 Å². The number of carbonyl (C=O) groups is 1. The van der Waals surface area contributed by atoms with Crippen molar-refractivity contribution in [1.29, 1.82) is 0 Å². The molecule has 2 aliphatic heterocycles. The molecule has 1 amide bonds. The van der Waals surface area contributed by atoms with Crippen LogP contribution in [0.2, 0.25) is 5.02 Å². The van der Waals surface area contributed by atoms with Gasteiger partial charge in [0.05, 0.1) is 6.67 Å². The third-order valence-electron chi connectivity index (χ3n) is 6.11. The zero-order valence-corrected chi connectivity index (χ0v) is 16.5. The number of amides is 1. The summed E-state index contributed by atoms with van der Waals surface area (Å²) in [7, 11) is 0. The fourth-order valence-corrected chi connectivity index (χ4v) is 4.75. The van der Waals surface area contributed by atoms with Gasteiger partial charge in [-0.25, -0.2) is 0 Å². The molecule has 142 valence electrons. The predicted molar refractivity (Wildman–Crippen MR) is 110 cm³/mol. The Morgan fingerprint density at radius 2 is 1.74 bits per heavy atom. The van der Waals surface area contributed by atoms with Gasteiger partial charge in [-0.3, -0.25) is 9.69 Å². The maximum Gasteiger partial charge on any atom is 0.247 e. The maximum absolute atomic E-state index is 12.8. The lowest BCUT2D eigenvalue weighted by Gasteiger charge is -2.45. The van der Waals surface area contributed by atoms with Crippen molar-refractivity contribution in [2.45, 2.75) is 37.8 Å². The van der Waals surface area contributed by atoms with Crippen LogP contribution in [0.4, 0.5) is 5.69 Å². The number of para-hydroxylation sites is 1. The van der Waals surface area contributed by atoms with Crippen molar-refractivity contribution in [2.75, 3.05) is 24.7 Å². The molecule has 1 spiro atoms. The molecule has 2 aromatic carbocycles. The maximum atomic E-state index is 12.8. The van der Waals surface area contributed by atoms with Crippen molar-refractivity contribution in [3.63, 3.8) is 0 Å². The Morgan fingerprint density at radius 1 is 1.07 bits per heavy atom. The van der Waals surface area contributed by atoms with Crippen LogP contribution in [0, 0.1) is 0 Å². The quantitative estimate of drug-likeness (QED) is 0.858. The molecule has 2 aliphatic rings. The SMILES string of the molecule is CCC(c1ccc(Cl)cc1)N1CCC2(CC1)C(=O)NCN2c1ccccc1. The number of benzene rings is 2. The lowest BCUT2D eigenvalue weighted by Crippen LogP contribution is -2.56. The van der Waals surface area contributed by atoms with Crippen LogP contribution in [-0.4, -0.2) is 36.1 Å². The molecule has 2 fully saturated rings. The summed E-state index contributed by atoms with van der Waals surface area (Å²) in [4.78, 5) is 17.6. The first-order valence-electron chi connectivity index (χ1n) is 9.74. The summed E-state index contributed by atoms with van der Waals surface area (Å²) in [6.45, 7) is 4.65.